The summed E-state index contributed by atoms with van der Waals surface area (Å²) in [5, 5.41) is 1.12. The van der Waals surface area contributed by atoms with Crippen molar-refractivity contribution in [2.75, 3.05) is 39.8 Å². The molecule has 0 spiro atoms. The Balaban J connectivity index is 1.52. The first-order valence-electron chi connectivity index (χ1n) is 12.7. The zero-order valence-electron chi connectivity index (χ0n) is 20.8. The van der Waals surface area contributed by atoms with Gasteiger partial charge in [-0.3, -0.25) is 9.59 Å². The number of nitrogens with zero attached hydrogens (tertiary/aromatic N) is 2. The first-order chi connectivity index (χ1) is 17.0. The number of aromatic nitrogens is 1. The number of H-pyrrole nitrogens is 1. The minimum absolute atomic E-state index is 0.00177. The molecule has 184 valence electrons. The molecule has 3 heterocycles. The number of methoxy groups -OCH3 is 1. The molecule has 7 heteroatoms. The number of hydrogen-bond donors (Lipinski definition) is 2. The fourth-order valence-electron chi connectivity index (χ4n) is 5.79. The SMILES string of the molecule is CC[NH+](CC)CCCN1CC(=O)N2[C@H](c3cccc(OC)c3)c3[nH]c4ccccc4c3C[C@H]2C1=O. The number of ether oxygens (including phenoxy) is 1. The molecule has 0 unspecified atom stereocenters. The van der Waals surface area contributed by atoms with Gasteiger partial charge >= 0.3 is 0 Å². The van der Waals surface area contributed by atoms with Crippen LogP contribution in [-0.4, -0.2) is 72.5 Å². The van der Waals surface area contributed by atoms with E-state index in [0.29, 0.717) is 13.0 Å². The molecule has 1 aromatic heterocycles. The number of quaternary nitrogens is 1. The molecule has 1 saturated heterocycles. The molecule has 1 fully saturated rings. The number of benzene rings is 2. The van der Waals surface area contributed by atoms with Crippen molar-refractivity contribution >= 4 is 22.7 Å². The van der Waals surface area contributed by atoms with Gasteiger partial charge in [-0.25, -0.2) is 0 Å². The van der Waals surface area contributed by atoms with Crippen molar-refractivity contribution in [3.8, 4) is 5.75 Å². The first kappa shape index (κ1) is 23.4. The summed E-state index contributed by atoms with van der Waals surface area (Å²) >= 11 is 0. The molecule has 2 aromatic carbocycles. The van der Waals surface area contributed by atoms with Crippen LogP contribution in [0.3, 0.4) is 0 Å². The van der Waals surface area contributed by atoms with Crippen molar-refractivity contribution in [3.63, 3.8) is 0 Å². The maximum atomic E-state index is 13.8. The maximum absolute atomic E-state index is 13.8. The summed E-state index contributed by atoms with van der Waals surface area (Å²) in [6.07, 6.45) is 1.43. The van der Waals surface area contributed by atoms with Crippen molar-refractivity contribution in [1.29, 1.82) is 0 Å². The number of hydrogen-bond acceptors (Lipinski definition) is 3. The van der Waals surface area contributed by atoms with E-state index in [2.05, 4.69) is 31.0 Å². The van der Waals surface area contributed by atoms with Gasteiger partial charge in [-0.1, -0.05) is 30.3 Å². The smallest absolute Gasteiger partial charge is 0.246 e. The molecule has 0 radical (unpaired) electrons. The van der Waals surface area contributed by atoms with Gasteiger partial charge in [-0.05, 0) is 43.2 Å². The molecule has 2 N–H and O–H groups in total. The average Bonchev–Trinajstić information content (AvgIpc) is 3.26. The molecule has 2 aliphatic heterocycles. The number of nitrogens with one attached hydrogen (secondary N) is 2. The van der Waals surface area contributed by atoms with Crippen LogP contribution in [0.2, 0.25) is 0 Å². The Kier molecular flexibility index (Phi) is 6.52. The molecule has 7 nitrogen and oxygen atoms in total. The van der Waals surface area contributed by atoms with E-state index in [-0.39, 0.29) is 24.4 Å². The molecule has 2 aliphatic rings. The van der Waals surface area contributed by atoms with E-state index in [1.807, 2.05) is 41.3 Å². The first-order valence-corrected chi connectivity index (χ1v) is 12.7. The van der Waals surface area contributed by atoms with Gasteiger partial charge in [0.1, 0.15) is 11.8 Å². The van der Waals surface area contributed by atoms with Crippen LogP contribution in [0.25, 0.3) is 10.9 Å². The zero-order valence-corrected chi connectivity index (χ0v) is 20.8. The number of para-hydroxylation sites is 1. The summed E-state index contributed by atoms with van der Waals surface area (Å²) in [6, 6.07) is 15.2. The second-order valence-corrected chi connectivity index (χ2v) is 9.58. The number of amides is 2. The number of aromatic amines is 1. The summed E-state index contributed by atoms with van der Waals surface area (Å²) in [5.41, 5.74) is 4.10. The highest BCUT2D eigenvalue weighted by atomic mass is 16.5. The highest BCUT2D eigenvalue weighted by Crippen LogP contribution is 2.43. The van der Waals surface area contributed by atoms with Crippen LogP contribution < -0.4 is 9.64 Å². The summed E-state index contributed by atoms with van der Waals surface area (Å²) in [6.45, 7) is 8.30. The molecule has 2 atom stereocenters. The van der Waals surface area contributed by atoms with Gasteiger partial charge in [0, 0.05) is 36.0 Å². The Bertz CT molecular complexity index is 1230. The fraction of sp³-hybridized carbons (Fsp3) is 0.429. The highest BCUT2D eigenvalue weighted by molar-refractivity contribution is 5.97. The largest absolute Gasteiger partial charge is 0.497 e. The normalized spacial score (nSPS) is 19.9. The monoisotopic (exact) mass is 475 g/mol. The van der Waals surface area contributed by atoms with E-state index in [9.17, 15) is 9.59 Å². The van der Waals surface area contributed by atoms with Gasteiger partial charge in [-0.15, -0.1) is 0 Å². The molecule has 35 heavy (non-hydrogen) atoms. The Morgan fingerprint density at radius 1 is 1.09 bits per heavy atom. The quantitative estimate of drug-likeness (QED) is 0.525. The van der Waals surface area contributed by atoms with Crippen LogP contribution in [0.4, 0.5) is 0 Å². The average molecular weight is 476 g/mol. The van der Waals surface area contributed by atoms with Gasteiger partial charge in [0.05, 0.1) is 39.3 Å². The lowest BCUT2D eigenvalue weighted by Gasteiger charge is -2.47. The molecule has 0 aliphatic carbocycles. The molecular formula is C28H35N4O3+. The predicted molar refractivity (Wildman–Crippen MR) is 136 cm³/mol. The topological polar surface area (TPSA) is 70.1 Å². The van der Waals surface area contributed by atoms with Crippen LogP contribution >= 0.6 is 0 Å². The molecule has 2 amide bonds. The van der Waals surface area contributed by atoms with Gasteiger partial charge in [0.2, 0.25) is 11.8 Å². The Morgan fingerprint density at radius 3 is 2.66 bits per heavy atom. The fourth-order valence-corrected chi connectivity index (χ4v) is 5.79. The van der Waals surface area contributed by atoms with Crippen LogP contribution in [0, 0.1) is 0 Å². The van der Waals surface area contributed by atoms with Crippen molar-refractivity contribution in [3.05, 3.63) is 65.4 Å². The van der Waals surface area contributed by atoms with Gasteiger partial charge in [0.25, 0.3) is 0 Å². The second kappa shape index (κ2) is 9.74. The number of carbonyl (C=O) groups excluding carboxylic acids is 2. The van der Waals surface area contributed by atoms with E-state index in [0.717, 1.165) is 59.5 Å². The lowest BCUT2D eigenvalue weighted by molar-refractivity contribution is -0.896. The molecule has 0 bridgehead atoms. The van der Waals surface area contributed by atoms with E-state index >= 15 is 0 Å². The maximum Gasteiger partial charge on any atom is 0.246 e. The Labute approximate surface area is 206 Å². The second-order valence-electron chi connectivity index (χ2n) is 9.58. The van der Waals surface area contributed by atoms with Crippen LogP contribution in [-0.2, 0) is 16.0 Å². The van der Waals surface area contributed by atoms with Crippen molar-refractivity contribution in [2.24, 2.45) is 0 Å². The van der Waals surface area contributed by atoms with Crippen LogP contribution in [0.5, 0.6) is 5.75 Å². The van der Waals surface area contributed by atoms with Gasteiger partial charge in [-0.2, -0.15) is 0 Å². The summed E-state index contributed by atoms with van der Waals surface area (Å²) in [5.74, 6) is 0.795. The minimum Gasteiger partial charge on any atom is -0.497 e. The van der Waals surface area contributed by atoms with E-state index < -0.39 is 6.04 Å². The van der Waals surface area contributed by atoms with Crippen molar-refractivity contribution in [2.45, 2.75) is 38.8 Å². The Morgan fingerprint density at radius 2 is 1.89 bits per heavy atom. The third-order valence-corrected chi connectivity index (χ3v) is 7.71. The summed E-state index contributed by atoms with van der Waals surface area (Å²) in [4.78, 5) is 36.1. The van der Waals surface area contributed by atoms with E-state index in [1.54, 1.807) is 12.0 Å². The van der Waals surface area contributed by atoms with Gasteiger partial charge in [0.15, 0.2) is 0 Å². The van der Waals surface area contributed by atoms with Gasteiger partial charge < -0.3 is 24.4 Å². The number of fused-ring (bicyclic) bond motifs is 4. The van der Waals surface area contributed by atoms with E-state index in [1.165, 1.54) is 4.90 Å². The molecule has 0 saturated carbocycles. The zero-order chi connectivity index (χ0) is 24.5. The van der Waals surface area contributed by atoms with Crippen LogP contribution in [0.15, 0.2) is 48.5 Å². The highest BCUT2D eigenvalue weighted by Gasteiger charge is 2.48. The number of rotatable bonds is 8. The lowest BCUT2D eigenvalue weighted by atomic mass is 9.86. The Hall–Kier alpha value is -3.32. The molecule has 3 aromatic rings. The number of piperazine rings is 1. The van der Waals surface area contributed by atoms with Crippen molar-refractivity contribution < 1.29 is 19.2 Å². The summed E-state index contributed by atoms with van der Waals surface area (Å²) < 4.78 is 5.48. The summed E-state index contributed by atoms with van der Waals surface area (Å²) in [7, 11) is 1.64. The van der Waals surface area contributed by atoms with Crippen LogP contribution in [0.1, 0.15) is 43.1 Å². The number of carbonyl (C=O) groups is 2. The van der Waals surface area contributed by atoms with Crippen molar-refractivity contribution in [1.82, 2.24) is 14.8 Å². The molecule has 5 rings (SSSR count). The van der Waals surface area contributed by atoms with E-state index in [4.69, 9.17) is 4.74 Å². The third-order valence-electron chi connectivity index (χ3n) is 7.71. The lowest BCUT2D eigenvalue weighted by Crippen LogP contribution is -3.11. The minimum atomic E-state index is -0.500. The third kappa shape index (κ3) is 4.18. The predicted octanol–water partition coefficient (Wildman–Crippen LogP) is 2.18. The molecular weight excluding hydrogens is 440 g/mol. The standard InChI is InChI=1S/C28H34N4O3/c1-4-30(5-2)14-9-15-31-18-25(33)32-24(28(31)34)17-22-21-12-6-7-13-23(21)29-26(22)27(32)19-10-8-11-20(16-19)35-3/h6-8,10-13,16,24,27,29H,4-5,9,14-15,17-18H2,1-3H3/p+1/t24-,27+/m0/s1.